The quantitative estimate of drug-likeness (QED) is 0.768. The van der Waals surface area contributed by atoms with Crippen LogP contribution in [-0.2, 0) is 16.0 Å². The minimum Gasteiger partial charge on any atom is -0.479 e. The number of carboxylic acid groups (broad SMARTS) is 1. The lowest BCUT2D eigenvalue weighted by Crippen LogP contribution is -2.57. The Morgan fingerprint density at radius 1 is 1.37 bits per heavy atom. The van der Waals surface area contributed by atoms with Gasteiger partial charge in [-0.3, -0.25) is 4.79 Å². The average molecular weight is 263 g/mol. The molecule has 0 saturated carbocycles. The second-order valence-electron chi connectivity index (χ2n) is 4.96. The first-order valence-corrected chi connectivity index (χ1v) is 6.49. The second-order valence-corrected chi connectivity index (χ2v) is 4.96. The summed E-state index contributed by atoms with van der Waals surface area (Å²) in [5.41, 5.74) is -0.267. The normalized spacial score (nSPS) is 13.9. The topological polar surface area (TPSA) is 57.6 Å². The maximum Gasteiger partial charge on any atom is 0.329 e. The van der Waals surface area contributed by atoms with Crippen molar-refractivity contribution in [2.24, 2.45) is 0 Å². The van der Waals surface area contributed by atoms with E-state index in [4.69, 9.17) is 0 Å². The molecule has 4 heteroatoms. The van der Waals surface area contributed by atoms with Crippen LogP contribution in [0.5, 0.6) is 0 Å². The first kappa shape index (κ1) is 15.2. The highest BCUT2D eigenvalue weighted by atomic mass is 16.4. The van der Waals surface area contributed by atoms with Gasteiger partial charge >= 0.3 is 5.97 Å². The fourth-order valence-corrected chi connectivity index (χ4v) is 2.39. The Bertz CT molecular complexity index is 430. The van der Waals surface area contributed by atoms with E-state index in [2.05, 4.69) is 0 Å². The second kappa shape index (κ2) is 6.36. The van der Waals surface area contributed by atoms with Gasteiger partial charge in [0.1, 0.15) is 5.54 Å². The molecular weight excluding hydrogens is 242 g/mol. The average Bonchev–Trinajstić information content (AvgIpc) is 2.38. The van der Waals surface area contributed by atoms with E-state index in [0.717, 1.165) is 5.56 Å². The summed E-state index contributed by atoms with van der Waals surface area (Å²) in [5.74, 6) is -0.959. The van der Waals surface area contributed by atoms with Crippen LogP contribution < -0.4 is 0 Å². The maximum atomic E-state index is 11.8. The van der Waals surface area contributed by atoms with Crippen LogP contribution in [0, 0.1) is 0 Å². The zero-order valence-electron chi connectivity index (χ0n) is 11.7. The summed E-state index contributed by atoms with van der Waals surface area (Å²) in [7, 11) is 0. The van der Waals surface area contributed by atoms with Gasteiger partial charge in [-0.2, -0.15) is 0 Å². The van der Waals surface area contributed by atoms with Crippen LogP contribution in [0.4, 0.5) is 0 Å². The molecule has 0 fully saturated rings. The van der Waals surface area contributed by atoms with Crippen molar-refractivity contribution in [3.8, 4) is 0 Å². The largest absolute Gasteiger partial charge is 0.479 e. The molecule has 0 aliphatic heterocycles. The Morgan fingerprint density at radius 2 is 1.95 bits per heavy atom. The smallest absolute Gasteiger partial charge is 0.329 e. The number of hydrogen-bond donors (Lipinski definition) is 1. The molecule has 4 nitrogen and oxygen atoms in total. The minimum atomic E-state index is -1.18. The molecule has 0 saturated heterocycles. The van der Waals surface area contributed by atoms with Crippen molar-refractivity contribution in [1.82, 2.24) is 4.90 Å². The molecule has 1 aromatic carbocycles. The summed E-state index contributed by atoms with van der Waals surface area (Å²) >= 11 is 0. The van der Waals surface area contributed by atoms with Crippen LogP contribution in [0.1, 0.15) is 32.8 Å². The van der Waals surface area contributed by atoms with E-state index in [1.165, 1.54) is 4.90 Å². The highest BCUT2D eigenvalue weighted by Crippen LogP contribution is 2.26. The monoisotopic (exact) mass is 263 g/mol. The van der Waals surface area contributed by atoms with Crippen LogP contribution in [0.25, 0.3) is 0 Å². The summed E-state index contributed by atoms with van der Waals surface area (Å²) in [6.07, 6.45) is 1.33. The third-order valence-electron chi connectivity index (χ3n) is 3.49. The molecule has 0 radical (unpaired) electrons. The zero-order valence-corrected chi connectivity index (χ0v) is 11.7. The van der Waals surface area contributed by atoms with Crippen molar-refractivity contribution >= 4 is 12.4 Å². The van der Waals surface area contributed by atoms with E-state index >= 15 is 0 Å². The van der Waals surface area contributed by atoms with Gasteiger partial charge < -0.3 is 10.0 Å². The summed E-state index contributed by atoms with van der Waals surface area (Å²) in [4.78, 5) is 24.5. The van der Waals surface area contributed by atoms with Crippen molar-refractivity contribution in [2.45, 2.75) is 45.2 Å². The number of amides is 1. The first-order valence-electron chi connectivity index (χ1n) is 6.49. The van der Waals surface area contributed by atoms with Gasteiger partial charge in [-0.05, 0) is 25.8 Å². The molecule has 1 N–H and O–H groups in total. The lowest BCUT2D eigenvalue weighted by Gasteiger charge is -2.40. The van der Waals surface area contributed by atoms with Gasteiger partial charge in [0.2, 0.25) is 6.41 Å². The van der Waals surface area contributed by atoms with E-state index in [-0.39, 0.29) is 6.04 Å². The summed E-state index contributed by atoms with van der Waals surface area (Å²) in [5, 5.41) is 9.63. The number of aliphatic carboxylic acids is 1. The SMILES string of the molecule is CCC(Cc1ccccc1)(C(=O)O)N(C=O)C(C)C. The predicted molar refractivity (Wildman–Crippen MR) is 73.8 cm³/mol. The summed E-state index contributed by atoms with van der Waals surface area (Å²) in [6.45, 7) is 5.45. The van der Waals surface area contributed by atoms with Crippen LogP contribution in [0.2, 0.25) is 0 Å². The van der Waals surface area contributed by atoms with E-state index in [9.17, 15) is 14.7 Å². The third kappa shape index (κ3) is 3.13. The Morgan fingerprint density at radius 3 is 2.32 bits per heavy atom. The molecule has 19 heavy (non-hydrogen) atoms. The van der Waals surface area contributed by atoms with E-state index in [0.29, 0.717) is 19.3 Å². The number of benzene rings is 1. The van der Waals surface area contributed by atoms with E-state index in [1.54, 1.807) is 6.92 Å². The molecule has 0 heterocycles. The molecule has 1 amide bonds. The number of carboxylic acids is 1. The molecule has 1 atom stereocenters. The highest BCUT2D eigenvalue weighted by molar-refractivity contribution is 5.82. The summed E-state index contributed by atoms with van der Waals surface area (Å²) < 4.78 is 0. The minimum absolute atomic E-state index is 0.155. The van der Waals surface area contributed by atoms with Gasteiger partial charge in [-0.15, -0.1) is 0 Å². The standard InChI is InChI=1S/C15H21NO3/c1-4-15(14(18)19,16(11-17)12(2)3)10-13-8-6-5-7-9-13/h5-9,11-12H,4,10H2,1-3H3,(H,18,19). The molecule has 0 bridgehead atoms. The van der Waals surface area contributed by atoms with Crippen LogP contribution in [0.3, 0.4) is 0 Å². The van der Waals surface area contributed by atoms with Crippen LogP contribution in [0.15, 0.2) is 30.3 Å². The van der Waals surface area contributed by atoms with Crippen molar-refractivity contribution < 1.29 is 14.7 Å². The Labute approximate surface area is 114 Å². The van der Waals surface area contributed by atoms with Gasteiger partial charge in [0.25, 0.3) is 0 Å². The Kier molecular flexibility index (Phi) is 5.10. The highest BCUT2D eigenvalue weighted by Gasteiger charge is 2.43. The van der Waals surface area contributed by atoms with Gasteiger partial charge in [0.15, 0.2) is 0 Å². The van der Waals surface area contributed by atoms with Gasteiger partial charge in [-0.1, -0.05) is 37.3 Å². The number of rotatable bonds is 7. The van der Waals surface area contributed by atoms with Gasteiger partial charge in [0, 0.05) is 12.5 Å². The van der Waals surface area contributed by atoms with Crippen molar-refractivity contribution in [1.29, 1.82) is 0 Å². The Balaban J connectivity index is 3.19. The molecule has 0 aliphatic carbocycles. The Hall–Kier alpha value is -1.84. The van der Waals surface area contributed by atoms with E-state index < -0.39 is 11.5 Å². The van der Waals surface area contributed by atoms with Gasteiger partial charge in [-0.25, -0.2) is 4.79 Å². The first-order chi connectivity index (χ1) is 8.97. The number of hydrogen-bond acceptors (Lipinski definition) is 2. The van der Waals surface area contributed by atoms with Crippen molar-refractivity contribution in [3.05, 3.63) is 35.9 Å². The molecule has 1 rings (SSSR count). The summed E-state index contributed by atoms with van der Waals surface area (Å²) in [6, 6.07) is 9.25. The molecule has 0 spiro atoms. The van der Waals surface area contributed by atoms with Crippen LogP contribution in [-0.4, -0.2) is 34.0 Å². The molecule has 104 valence electrons. The maximum absolute atomic E-state index is 11.8. The number of nitrogens with zero attached hydrogens (tertiary/aromatic N) is 1. The molecule has 1 aromatic rings. The number of carbonyl (C=O) groups excluding carboxylic acids is 1. The zero-order chi connectivity index (χ0) is 14.5. The fraction of sp³-hybridized carbons (Fsp3) is 0.467. The fourth-order valence-electron chi connectivity index (χ4n) is 2.39. The lowest BCUT2D eigenvalue weighted by atomic mass is 9.85. The molecule has 1 unspecified atom stereocenters. The van der Waals surface area contributed by atoms with Crippen molar-refractivity contribution in [2.75, 3.05) is 0 Å². The van der Waals surface area contributed by atoms with Crippen molar-refractivity contribution in [3.63, 3.8) is 0 Å². The van der Waals surface area contributed by atoms with Gasteiger partial charge in [0.05, 0.1) is 0 Å². The number of carbonyl (C=O) groups is 2. The molecule has 0 aromatic heterocycles. The lowest BCUT2D eigenvalue weighted by molar-refractivity contribution is -0.157. The predicted octanol–water partition coefficient (Wildman–Crippen LogP) is 2.33. The van der Waals surface area contributed by atoms with Crippen LogP contribution >= 0.6 is 0 Å². The van der Waals surface area contributed by atoms with E-state index in [1.807, 2.05) is 44.2 Å². The molecule has 0 aliphatic rings. The molecular formula is C15H21NO3. The third-order valence-corrected chi connectivity index (χ3v) is 3.49.